The highest BCUT2D eigenvalue weighted by molar-refractivity contribution is 7.99. The lowest BCUT2D eigenvalue weighted by atomic mass is 10.1. The second-order valence-corrected chi connectivity index (χ2v) is 12.2. The van der Waals surface area contributed by atoms with E-state index in [1.807, 2.05) is 19.1 Å². The van der Waals surface area contributed by atoms with Crippen LogP contribution in [0, 0.1) is 0 Å². The van der Waals surface area contributed by atoms with Gasteiger partial charge < -0.3 is 4.18 Å². The Morgan fingerprint density at radius 1 is 0.707 bits per heavy atom. The molecule has 0 heterocycles. The Bertz CT molecular complexity index is 1280. The molecule has 0 radical (unpaired) electrons. The number of benzene rings is 3. The summed E-state index contributed by atoms with van der Waals surface area (Å²) in [6.45, 7) is 1.92. The van der Waals surface area contributed by atoms with Gasteiger partial charge in [0.15, 0.2) is 9.79 Å². The predicted octanol–water partition coefficient (Wildman–Crippen LogP) is 8.63. The summed E-state index contributed by atoms with van der Waals surface area (Å²) in [5.74, 6) is -15.0. The highest BCUT2D eigenvalue weighted by Crippen LogP contribution is 2.55. The molecule has 0 bridgehead atoms. The minimum absolute atomic E-state index is 0.527. The van der Waals surface area contributed by atoms with Gasteiger partial charge in [-0.25, -0.2) is 0 Å². The van der Waals surface area contributed by atoms with Crippen LogP contribution in [0.25, 0.3) is 0 Å². The van der Waals surface area contributed by atoms with Gasteiger partial charge in [0.25, 0.3) is 0 Å². The van der Waals surface area contributed by atoms with Crippen molar-refractivity contribution < 1.29 is 52.1 Å². The molecule has 0 aromatic heterocycles. The van der Waals surface area contributed by atoms with Crippen LogP contribution in [0.2, 0.25) is 0 Å². The largest absolute Gasteiger partial charge is 0.460 e. The van der Waals surface area contributed by atoms with E-state index in [9.17, 15) is 47.9 Å². The number of unbranched alkanes of at least 4 members (excludes halogenated alkanes) is 1. The third-order valence-corrected chi connectivity index (χ3v) is 8.50. The van der Waals surface area contributed by atoms with E-state index in [0.717, 1.165) is 25.0 Å². The van der Waals surface area contributed by atoms with Crippen LogP contribution >= 0.6 is 11.8 Å². The van der Waals surface area contributed by atoms with Gasteiger partial charge in [-0.2, -0.15) is 47.9 Å². The minimum Gasteiger partial charge on any atom is -0.378 e. The van der Waals surface area contributed by atoms with E-state index in [4.69, 9.17) is 0 Å². The summed E-state index contributed by atoms with van der Waals surface area (Å²) >= 11 is 2.57. The fourth-order valence-corrected chi connectivity index (χ4v) is 5.63. The van der Waals surface area contributed by atoms with Crippen molar-refractivity contribution in [1.29, 1.82) is 0 Å². The molecule has 0 fully saturated rings. The Kier molecular flexibility index (Phi) is 11.9. The summed E-state index contributed by atoms with van der Waals surface area (Å²) in [5.41, 5.74) is 0. The van der Waals surface area contributed by atoms with E-state index < -0.39 is 39.1 Å². The van der Waals surface area contributed by atoms with E-state index in [-0.39, 0.29) is 0 Å². The molecule has 0 N–H and O–H groups in total. The molecule has 3 nitrogen and oxygen atoms in total. The van der Waals surface area contributed by atoms with Gasteiger partial charge in [0.05, 0.1) is 0 Å². The summed E-state index contributed by atoms with van der Waals surface area (Å²) in [5, 5.41) is -6.88. The number of hydrogen-bond donors (Lipinski definition) is 0. The summed E-state index contributed by atoms with van der Waals surface area (Å²) in [7, 11) is -6.92. The van der Waals surface area contributed by atoms with Crippen molar-refractivity contribution in [1.82, 2.24) is 0 Å². The van der Waals surface area contributed by atoms with Crippen LogP contribution in [0.1, 0.15) is 19.8 Å². The zero-order valence-electron chi connectivity index (χ0n) is 21.1. The fourth-order valence-electron chi connectivity index (χ4n) is 2.78. The lowest BCUT2D eigenvalue weighted by Gasteiger charge is -2.32. The van der Waals surface area contributed by atoms with Crippen LogP contribution in [-0.2, 0) is 21.9 Å². The SMILES string of the molecule is CCCCSc1ccc(OS(=O)(=O)C(F)(F)C(F)(F)C(F)(F)C(F)(F)F)cc1.c1ccc([SH+]c2ccccc2)cc1. The molecule has 226 valence electrons. The van der Waals surface area contributed by atoms with Gasteiger partial charge in [-0.05, 0) is 60.7 Å². The third-order valence-electron chi connectivity index (χ3n) is 5.00. The smallest absolute Gasteiger partial charge is 0.378 e. The van der Waals surface area contributed by atoms with Crippen molar-refractivity contribution in [3.05, 3.63) is 84.9 Å². The molecule has 0 aliphatic rings. The Morgan fingerprint density at radius 2 is 1.17 bits per heavy atom. The lowest BCUT2D eigenvalue weighted by molar-refractivity contribution is -0.382. The highest BCUT2D eigenvalue weighted by atomic mass is 32.2. The number of thiol groups is 1. The van der Waals surface area contributed by atoms with E-state index in [1.54, 1.807) is 0 Å². The Balaban J connectivity index is 0.000000372. The molecule has 0 aliphatic heterocycles. The van der Waals surface area contributed by atoms with Crippen molar-refractivity contribution in [2.24, 2.45) is 0 Å². The Labute approximate surface area is 239 Å². The molecule has 0 unspecified atom stereocenters. The quantitative estimate of drug-likeness (QED) is 0.0520. The minimum atomic E-state index is -7.33. The number of alkyl halides is 9. The molecular weight excluding hydrogens is 627 g/mol. The highest BCUT2D eigenvalue weighted by Gasteiger charge is 2.86. The first kappa shape index (κ1) is 34.7. The summed E-state index contributed by atoms with van der Waals surface area (Å²) in [4.78, 5) is 3.21. The van der Waals surface area contributed by atoms with Gasteiger partial charge in [-0.15, -0.1) is 11.8 Å². The van der Waals surface area contributed by atoms with E-state index in [2.05, 4.69) is 52.7 Å². The van der Waals surface area contributed by atoms with Crippen LogP contribution in [0.5, 0.6) is 5.75 Å². The van der Waals surface area contributed by atoms with Crippen LogP contribution in [0.3, 0.4) is 0 Å². The van der Waals surface area contributed by atoms with Crippen molar-refractivity contribution in [3.63, 3.8) is 0 Å². The van der Waals surface area contributed by atoms with Gasteiger partial charge in [-0.3, -0.25) is 0 Å². The predicted molar refractivity (Wildman–Crippen MR) is 141 cm³/mol. The second kappa shape index (κ2) is 14.1. The molecule has 0 aliphatic carbocycles. The molecule has 3 aromatic carbocycles. The van der Waals surface area contributed by atoms with E-state index >= 15 is 0 Å². The molecule has 0 amide bonds. The van der Waals surface area contributed by atoms with Gasteiger partial charge in [0.1, 0.15) is 5.75 Å². The molecule has 15 heteroatoms. The van der Waals surface area contributed by atoms with Gasteiger partial charge in [0.2, 0.25) is 0 Å². The van der Waals surface area contributed by atoms with E-state index in [1.165, 1.54) is 45.4 Å². The normalized spacial score (nSPS) is 12.8. The van der Waals surface area contributed by atoms with Crippen molar-refractivity contribution in [2.75, 3.05) is 5.75 Å². The average molecular weight is 652 g/mol. The maximum absolute atomic E-state index is 13.5. The van der Waals surface area contributed by atoms with Crippen LogP contribution in [-0.4, -0.2) is 37.4 Å². The van der Waals surface area contributed by atoms with Crippen molar-refractivity contribution >= 4 is 33.6 Å². The molecule has 41 heavy (non-hydrogen) atoms. The second-order valence-electron chi connectivity index (χ2n) is 8.16. The van der Waals surface area contributed by atoms with E-state index in [0.29, 0.717) is 10.6 Å². The van der Waals surface area contributed by atoms with Gasteiger partial charge in [-0.1, -0.05) is 49.7 Å². The molecular formula is C26H24F9O3S3+. The Morgan fingerprint density at radius 3 is 1.59 bits per heavy atom. The molecule has 0 spiro atoms. The van der Waals surface area contributed by atoms with Crippen LogP contribution < -0.4 is 4.18 Å². The van der Waals surface area contributed by atoms with Gasteiger partial charge in [0, 0.05) is 16.7 Å². The van der Waals surface area contributed by atoms with Gasteiger partial charge >= 0.3 is 33.4 Å². The summed E-state index contributed by atoms with van der Waals surface area (Å²) < 4.78 is 142. The number of rotatable bonds is 11. The van der Waals surface area contributed by atoms with Crippen LogP contribution in [0.15, 0.2) is 99.6 Å². The topological polar surface area (TPSA) is 43.4 Å². The summed E-state index contributed by atoms with van der Waals surface area (Å²) in [6, 6.07) is 24.9. The fraction of sp³-hybridized carbons (Fsp3) is 0.308. The molecule has 0 saturated heterocycles. The number of thioether (sulfide) groups is 1. The van der Waals surface area contributed by atoms with Crippen molar-refractivity contribution in [3.8, 4) is 5.75 Å². The average Bonchev–Trinajstić information content (AvgIpc) is 2.90. The van der Waals surface area contributed by atoms with Crippen molar-refractivity contribution in [2.45, 2.75) is 57.7 Å². The first-order chi connectivity index (χ1) is 19.0. The molecule has 0 atom stereocenters. The van der Waals surface area contributed by atoms with Crippen LogP contribution in [0.4, 0.5) is 39.5 Å². The maximum Gasteiger partial charge on any atom is 0.460 e. The zero-order valence-corrected chi connectivity index (χ0v) is 23.6. The lowest BCUT2D eigenvalue weighted by Crippen LogP contribution is -2.63. The molecule has 0 saturated carbocycles. The molecule has 3 aromatic rings. The Hall–Kier alpha value is -2.52. The summed E-state index contributed by atoms with van der Waals surface area (Å²) in [6.07, 6.45) is -5.43. The first-order valence-electron chi connectivity index (χ1n) is 11.6. The maximum atomic E-state index is 13.5. The first-order valence-corrected chi connectivity index (χ1v) is 14.9. The molecule has 3 rings (SSSR count). The third kappa shape index (κ3) is 8.74. The number of halogens is 9. The monoisotopic (exact) mass is 651 g/mol. The zero-order chi connectivity index (χ0) is 31.0. The number of hydrogen-bond acceptors (Lipinski definition) is 4. The standard InChI is InChI=1S/C14H13F9O3S2.C12H10S/c1-2-3-8-27-10-6-4-9(5-7-10)26-28(24,25)14(22,23)12(17,18)11(15,16)13(19,20)21;1-3-7-11(8-4-1)13-12-9-5-2-6-10-12/h4-7H,2-3,8H2,1H3;1-10H/p+1.